The second-order valence-corrected chi connectivity index (χ2v) is 7.28. The smallest absolute Gasteiger partial charge is 0.147 e. The molecule has 0 aliphatic heterocycles. The van der Waals surface area contributed by atoms with Crippen LogP contribution in [0.3, 0.4) is 0 Å². The Labute approximate surface area is 168 Å². The third-order valence-corrected chi connectivity index (χ3v) is 5.23. The molecule has 0 aliphatic carbocycles. The molecule has 0 spiro atoms. The molecule has 0 radical (unpaired) electrons. The number of hydrogen-bond acceptors (Lipinski definition) is 2. The van der Waals surface area contributed by atoms with E-state index >= 15 is 0 Å². The summed E-state index contributed by atoms with van der Waals surface area (Å²) in [6.45, 7) is 5.20. The average Bonchev–Trinajstić information content (AvgIpc) is 2.93. The highest BCUT2D eigenvalue weighted by Crippen LogP contribution is 2.32. The van der Waals surface area contributed by atoms with Crippen LogP contribution in [0.25, 0.3) is 11.0 Å². The van der Waals surface area contributed by atoms with Gasteiger partial charge in [-0.15, -0.1) is 0 Å². The van der Waals surface area contributed by atoms with Gasteiger partial charge in [-0.05, 0) is 54.8 Å². The van der Waals surface area contributed by atoms with Gasteiger partial charge in [0, 0.05) is 29.5 Å². The molecule has 0 aliphatic rings. The van der Waals surface area contributed by atoms with Gasteiger partial charge < -0.3 is 9.30 Å². The van der Waals surface area contributed by atoms with E-state index in [1.165, 1.54) is 12.1 Å². The molecule has 28 heavy (non-hydrogen) atoms. The van der Waals surface area contributed by atoms with Crippen LogP contribution in [0.1, 0.15) is 22.4 Å². The third-order valence-electron chi connectivity index (χ3n) is 5.00. The molecule has 4 aromatic rings. The van der Waals surface area contributed by atoms with Gasteiger partial charge in [0.25, 0.3) is 0 Å². The predicted octanol–water partition coefficient (Wildman–Crippen LogP) is 6.07. The second-order valence-electron chi connectivity index (χ2n) is 6.85. The third kappa shape index (κ3) is 3.60. The number of pyridine rings is 1. The van der Waals surface area contributed by atoms with Crippen LogP contribution in [-0.4, -0.2) is 9.55 Å². The molecule has 4 rings (SSSR count). The van der Waals surface area contributed by atoms with Crippen molar-refractivity contribution in [2.75, 3.05) is 0 Å². The van der Waals surface area contributed by atoms with Gasteiger partial charge in [0.15, 0.2) is 0 Å². The number of ether oxygens (including phenoxy) is 1. The largest absolute Gasteiger partial charge is 0.487 e. The van der Waals surface area contributed by atoms with E-state index in [9.17, 15) is 4.39 Å². The van der Waals surface area contributed by atoms with Crippen molar-refractivity contribution in [1.29, 1.82) is 0 Å². The van der Waals surface area contributed by atoms with Crippen LogP contribution < -0.4 is 4.74 Å². The normalized spacial score (nSPS) is 11.1. The average molecular weight is 395 g/mol. The van der Waals surface area contributed by atoms with Crippen LogP contribution in [0, 0.1) is 19.7 Å². The highest BCUT2D eigenvalue weighted by atomic mass is 35.5. The first-order chi connectivity index (χ1) is 13.5. The molecule has 2 heterocycles. The van der Waals surface area contributed by atoms with Crippen molar-refractivity contribution >= 4 is 22.6 Å². The van der Waals surface area contributed by atoms with Gasteiger partial charge in [0.05, 0.1) is 5.52 Å². The van der Waals surface area contributed by atoms with Crippen molar-refractivity contribution in [2.24, 2.45) is 0 Å². The van der Waals surface area contributed by atoms with Gasteiger partial charge in [-0.1, -0.05) is 35.9 Å². The first kappa shape index (κ1) is 18.5. The molecular weight excluding hydrogens is 375 g/mol. The van der Waals surface area contributed by atoms with Crippen LogP contribution >= 0.6 is 11.6 Å². The van der Waals surface area contributed by atoms with Crippen LogP contribution in [0.2, 0.25) is 5.02 Å². The molecule has 0 N–H and O–H groups in total. The Morgan fingerprint density at radius 3 is 2.57 bits per heavy atom. The predicted molar refractivity (Wildman–Crippen MR) is 110 cm³/mol. The standard InChI is InChI=1S/C23H20ClFN2O/c1-15-16(2)27(13-18-4-3-5-19(24)12-18)23-21(10-11-26-22(15)23)28-14-17-6-8-20(25)9-7-17/h3-12H,13-14H2,1-2H3. The van der Waals surface area contributed by atoms with E-state index in [2.05, 4.69) is 29.5 Å². The number of benzene rings is 2. The molecule has 0 amide bonds. The van der Waals surface area contributed by atoms with Gasteiger partial charge >= 0.3 is 0 Å². The first-order valence-electron chi connectivity index (χ1n) is 9.09. The summed E-state index contributed by atoms with van der Waals surface area (Å²) in [4.78, 5) is 4.57. The lowest BCUT2D eigenvalue weighted by atomic mass is 10.2. The lowest BCUT2D eigenvalue weighted by Gasteiger charge is -2.13. The van der Waals surface area contributed by atoms with E-state index in [0.29, 0.717) is 18.2 Å². The first-order valence-corrected chi connectivity index (χ1v) is 9.47. The SMILES string of the molecule is Cc1c(C)n(Cc2cccc(Cl)c2)c2c(OCc3ccc(F)cc3)ccnc12. The fourth-order valence-corrected chi connectivity index (χ4v) is 3.60. The van der Waals surface area contributed by atoms with Crippen LogP contribution in [0.4, 0.5) is 4.39 Å². The van der Waals surface area contributed by atoms with Crippen molar-refractivity contribution < 1.29 is 9.13 Å². The van der Waals surface area contributed by atoms with Crippen molar-refractivity contribution in [3.05, 3.63) is 94.0 Å². The molecule has 0 saturated carbocycles. The molecule has 5 heteroatoms. The maximum Gasteiger partial charge on any atom is 0.147 e. The summed E-state index contributed by atoms with van der Waals surface area (Å²) in [5, 5.41) is 0.717. The number of halogens is 2. The zero-order valence-corrected chi connectivity index (χ0v) is 16.5. The molecule has 0 saturated heterocycles. The molecule has 0 bridgehead atoms. The van der Waals surface area contributed by atoms with Crippen molar-refractivity contribution in [1.82, 2.24) is 9.55 Å². The van der Waals surface area contributed by atoms with Crippen LogP contribution in [0.15, 0.2) is 60.8 Å². The van der Waals surface area contributed by atoms with E-state index in [-0.39, 0.29) is 5.82 Å². The summed E-state index contributed by atoms with van der Waals surface area (Å²) in [7, 11) is 0. The highest BCUT2D eigenvalue weighted by molar-refractivity contribution is 6.30. The van der Waals surface area contributed by atoms with Gasteiger partial charge in [-0.3, -0.25) is 4.98 Å². The van der Waals surface area contributed by atoms with Crippen molar-refractivity contribution in [3.8, 4) is 5.75 Å². The molecule has 3 nitrogen and oxygen atoms in total. The van der Waals surface area contributed by atoms with Gasteiger partial charge in [0.1, 0.15) is 23.7 Å². The topological polar surface area (TPSA) is 27.1 Å². The molecule has 0 fully saturated rings. The lowest BCUT2D eigenvalue weighted by molar-refractivity contribution is 0.308. The minimum absolute atomic E-state index is 0.253. The number of hydrogen-bond donors (Lipinski definition) is 0. The van der Waals surface area contributed by atoms with Crippen LogP contribution in [-0.2, 0) is 13.2 Å². The minimum atomic E-state index is -0.253. The number of rotatable bonds is 5. The Morgan fingerprint density at radius 2 is 1.82 bits per heavy atom. The summed E-state index contributed by atoms with van der Waals surface area (Å²) in [5.41, 5.74) is 6.17. The fourth-order valence-electron chi connectivity index (χ4n) is 3.39. The van der Waals surface area contributed by atoms with E-state index < -0.39 is 0 Å². The second kappa shape index (κ2) is 7.64. The van der Waals surface area contributed by atoms with Crippen LogP contribution in [0.5, 0.6) is 5.75 Å². The maximum absolute atomic E-state index is 13.1. The van der Waals surface area contributed by atoms with Gasteiger partial charge in [-0.25, -0.2) is 4.39 Å². The number of aryl methyl sites for hydroxylation is 1. The number of fused-ring (bicyclic) bond motifs is 1. The molecule has 0 atom stereocenters. The summed E-state index contributed by atoms with van der Waals surface area (Å²) >= 11 is 6.16. The Hall–Kier alpha value is -2.85. The summed E-state index contributed by atoms with van der Waals surface area (Å²) < 4.78 is 21.4. The molecule has 2 aromatic heterocycles. The Bertz CT molecular complexity index is 1140. The van der Waals surface area contributed by atoms with E-state index in [0.717, 1.165) is 39.2 Å². The Balaban J connectivity index is 1.72. The van der Waals surface area contributed by atoms with Crippen molar-refractivity contribution in [3.63, 3.8) is 0 Å². The summed E-state index contributed by atoms with van der Waals surface area (Å²) in [6.07, 6.45) is 1.76. The number of aromatic nitrogens is 2. The highest BCUT2D eigenvalue weighted by Gasteiger charge is 2.17. The lowest BCUT2D eigenvalue weighted by Crippen LogP contribution is -2.04. The number of nitrogens with zero attached hydrogens (tertiary/aromatic N) is 2. The zero-order valence-electron chi connectivity index (χ0n) is 15.7. The molecule has 0 unspecified atom stereocenters. The molecule has 142 valence electrons. The van der Waals surface area contributed by atoms with Gasteiger partial charge in [0.2, 0.25) is 0 Å². The quantitative estimate of drug-likeness (QED) is 0.410. The fraction of sp³-hybridized carbons (Fsp3) is 0.174. The summed E-state index contributed by atoms with van der Waals surface area (Å²) in [6, 6.07) is 16.1. The maximum atomic E-state index is 13.1. The Morgan fingerprint density at radius 1 is 1.04 bits per heavy atom. The minimum Gasteiger partial charge on any atom is -0.487 e. The van der Waals surface area contributed by atoms with Crippen molar-refractivity contribution in [2.45, 2.75) is 27.0 Å². The van der Waals surface area contributed by atoms with E-state index in [1.54, 1.807) is 18.3 Å². The molecule has 2 aromatic carbocycles. The van der Waals surface area contributed by atoms with E-state index in [1.807, 2.05) is 24.3 Å². The zero-order chi connectivity index (χ0) is 19.7. The molecular formula is C23H20ClFN2O. The van der Waals surface area contributed by atoms with E-state index in [4.69, 9.17) is 16.3 Å². The van der Waals surface area contributed by atoms with Gasteiger partial charge in [-0.2, -0.15) is 0 Å². The Kier molecular flexibility index (Phi) is 5.05. The summed E-state index contributed by atoms with van der Waals surface area (Å²) in [5.74, 6) is 0.504. The monoisotopic (exact) mass is 394 g/mol.